The number of carbonyl (C=O) groups is 1. The van der Waals surface area contributed by atoms with Crippen LogP contribution in [0, 0.1) is 5.92 Å². The molecule has 0 N–H and O–H groups in total. The van der Waals surface area contributed by atoms with Crippen molar-refractivity contribution >= 4 is 43.9 Å². The van der Waals surface area contributed by atoms with Crippen LogP contribution < -0.4 is 9.04 Å². The highest BCUT2D eigenvalue weighted by atomic mass is 32.2. The molecular weight excluding hydrogens is 506 g/mol. The van der Waals surface area contributed by atoms with Crippen molar-refractivity contribution in [3.8, 4) is 17.3 Å². The summed E-state index contributed by atoms with van der Waals surface area (Å²) in [5.74, 6) is 1.69. The third-order valence-electron chi connectivity index (χ3n) is 7.25. The van der Waals surface area contributed by atoms with Crippen LogP contribution in [0.5, 0.6) is 5.75 Å². The maximum atomic E-state index is 12.7. The predicted octanol–water partition coefficient (Wildman–Crippen LogP) is 4.36. The van der Waals surface area contributed by atoms with Crippen molar-refractivity contribution in [1.82, 2.24) is 19.1 Å². The molecule has 1 atom stereocenters. The van der Waals surface area contributed by atoms with Gasteiger partial charge in [-0.25, -0.2) is 23.2 Å². The van der Waals surface area contributed by atoms with Crippen LogP contribution in [0.4, 0.5) is 5.82 Å². The quantitative estimate of drug-likeness (QED) is 0.291. The highest BCUT2D eigenvalue weighted by Crippen LogP contribution is 2.38. The van der Waals surface area contributed by atoms with Crippen molar-refractivity contribution in [2.75, 3.05) is 24.8 Å². The molecule has 3 aromatic heterocycles. The van der Waals surface area contributed by atoms with Gasteiger partial charge in [-0.15, -0.1) is 0 Å². The molecule has 202 valence electrons. The molecule has 10 nitrogen and oxygen atoms in total. The number of sulfonamides is 1. The largest absolute Gasteiger partial charge is 0.494 e. The van der Waals surface area contributed by atoms with Crippen LogP contribution >= 0.6 is 0 Å². The van der Waals surface area contributed by atoms with E-state index < -0.39 is 16.0 Å². The van der Waals surface area contributed by atoms with Gasteiger partial charge in [0.25, 0.3) is 0 Å². The van der Waals surface area contributed by atoms with Crippen LogP contribution in [0.3, 0.4) is 0 Å². The Morgan fingerprint density at radius 1 is 1.18 bits per heavy atom. The average molecular weight is 540 g/mol. The van der Waals surface area contributed by atoms with E-state index in [0.29, 0.717) is 40.8 Å². The van der Waals surface area contributed by atoms with Gasteiger partial charge in [-0.1, -0.05) is 6.92 Å². The third kappa shape index (κ3) is 4.48. The molecule has 0 spiro atoms. The number of esters is 1. The molecule has 0 aliphatic heterocycles. The lowest BCUT2D eigenvalue weighted by Gasteiger charge is -2.27. The summed E-state index contributed by atoms with van der Waals surface area (Å²) in [7, 11) is 1.29. The lowest BCUT2D eigenvalue weighted by atomic mass is 10.2. The van der Waals surface area contributed by atoms with E-state index in [9.17, 15) is 13.2 Å². The Kier molecular flexibility index (Phi) is 6.58. The second kappa shape index (κ2) is 9.61. The van der Waals surface area contributed by atoms with Gasteiger partial charge in [0.15, 0.2) is 5.82 Å². The summed E-state index contributed by atoms with van der Waals surface area (Å²) < 4.78 is 41.4. The van der Waals surface area contributed by atoms with E-state index in [1.54, 1.807) is 25.3 Å². The fraction of sp³-hybridized carbons (Fsp3) is 0.444. The van der Waals surface area contributed by atoms with Gasteiger partial charge in [0.2, 0.25) is 10.0 Å². The van der Waals surface area contributed by atoms with Gasteiger partial charge < -0.3 is 18.6 Å². The van der Waals surface area contributed by atoms with Gasteiger partial charge in [-0.3, -0.25) is 4.31 Å². The number of benzene rings is 1. The Bertz CT molecular complexity index is 1650. The molecule has 11 heteroatoms. The number of fused-ring (bicyclic) bond motifs is 2. The first kappa shape index (κ1) is 26.0. The number of pyridine rings is 1. The Balaban J connectivity index is 1.73. The van der Waals surface area contributed by atoms with Gasteiger partial charge in [0.1, 0.15) is 22.7 Å². The molecule has 3 heterocycles. The fourth-order valence-corrected chi connectivity index (χ4v) is 6.23. The number of rotatable bonds is 9. The van der Waals surface area contributed by atoms with Crippen molar-refractivity contribution in [3.05, 3.63) is 35.9 Å². The highest BCUT2D eigenvalue weighted by Gasteiger charge is 2.29. The van der Waals surface area contributed by atoms with E-state index in [-0.39, 0.29) is 6.04 Å². The van der Waals surface area contributed by atoms with E-state index in [2.05, 4.69) is 4.57 Å². The number of hydrogen-bond acceptors (Lipinski definition) is 7. The smallest absolute Gasteiger partial charge is 0.338 e. The molecule has 1 aromatic carbocycles. The van der Waals surface area contributed by atoms with Gasteiger partial charge in [0, 0.05) is 25.0 Å². The van der Waals surface area contributed by atoms with Crippen LogP contribution in [0.15, 0.2) is 30.3 Å². The molecule has 0 saturated heterocycles. The zero-order valence-electron chi connectivity index (χ0n) is 22.6. The van der Waals surface area contributed by atoms with Crippen molar-refractivity contribution in [1.29, 1.82) is 0 Å². The zero-order valence-corrected chi connectivity index (χ0v) is 23.4. The molecule has 1 aliphatic rings. The van der Waals surface area contributed by atoms with Gasteiger partial charge in [-0.05, 0) is 62.4 Å². The molecule has 1 fully saturated rings. The fourth-order valence-electron chi connectivity index (χ4n) is 4.99. The summed E-state index contributed by atoms with van der Waals surface area (Å²) in [5, 5.41) is 0.899. The van der Waals surface area contributed by atoms with Crippen LogP contribution in [0.25, 0.3) is 33.6 Å². The number of ether oxygens (including phenoxy) is 2. The first-order chi connectivity index (χ1) is 18.1. The molecule has 4 aromatic rings. The lowest BCUT2D eigenvalue weighted by Crippen LogP contribution is -2.38. The average Bonchev–Trinajstić information content (AvgIpc) is 3.56. The minimum absolute atomic E-state index is 0.224. The Morgan fingerprint density at radius 2 is 1.92 bits per heavy atom. The maximum absolute atomic E-state index is 12.7. The topological polar surface area (TPSA) is 109 Å². The van der Waals surface area contributed by atoms with Crippen molar-refractivity contribution in [2.24, 2.45) is 13.0 Å². The van der Waals surface area contributed by atoms with E-state index in [4.69, 9.17) is 19.4 Å². The number of methoxy groups -OCH3 is 2. The van der Waals surface area contributed by atoms with Crippen molar-refractivity contribution in [2.45, 2.75) is 45.7 Å². The van der Waals surface area contributed by atoms with Crippen molar-refractivity contribution < 1.29 is 22.7 Å². The number of nitrogens with zero attached hydrogens (tertiary/aromatic N) is 5. The number of aromatic nitrogens is 4. The van der Waals surface area contributed by atoms with E-state index >= 15 is 0 Å². The van der Waals surface area contributed by atoms with E-state index in [1.165, 1.54) is 17.7 Å². The standard InChI is InChI=1S/C27H33N5O5S/c1-7-16(2)32(38(6,34)35)23-11-10-18-13-21(31(25(18)29-23)15-17-8-9-17)26-28-20-12-19(27(33)37-5)14-22(36-4)24(20)30(26)3/h10-14,16-17H,7-9,15H2,1-6H3/t16-/m0/s1. The number of aryl methyl sites for hydroxylation is 1. The van der Waals surface area contributed by atoms with Crippen LogP contribution in [0.1, 0.15) is 43.5 Å². The minimum Gasteiger partial charge on any atom is -0.494 e. The molecule has 1 aliphatic carbocycles. The molecule has 5 rings (SSSR count). The van der Waals surface area contributed by atoms with E-state index in [1.807, 2.05) is 37.6 Å². The summed E-state index contributed by atoms with van der Waals surface area (Å²) in [6.45, 7) is 4.60. The Labute approximate surface area is 222 Å². The van der Waals surface area contributed by atoms with Crippen LogP contribution in [-0.4, -0.2) is 60.0 Å². The first-order valence-electron chi connectivity index (χ1n) is 12.7. The lowest BCUT2D eigenvalue weighted by molar-refractivity contribution is 0.0600. The molecule has 0 radical (unpaired) electrons. The van der Waals surface area contributed by atoms with Gasteiger partial charge >= 0.3 is 5.97 Å². The third-order valence-corrected chi connectivity index (χ3v) is 8.51. The van der Waals surface area contributed by atoms with Crippen molar-refractivity contribution in [3.63, 3.8) is 0 Å². The second-order valence-electron chi connectivity index (χ2n) is 10.0. The Hall–Kier alpha value is -3.60. The minimum atomic E-state index is -3.52. The molecule has 0 bridgehead atoms. The van der Waals surface area contributed by atoms with E-state index in [0.717, 1.165) is 41.6 Å². The van der Waals surface area contributed by atoms with Crippen LogP contribution in [0.2, 0.25) is 0 Å². The molecule has 38 heavy (non-hydrogen) atoms. The molecule has 0 unspecified atom stereocenters. The van der Waals surface area contributed by atoms with Gasteiger partial charge in [0.05, 0.1) is 37.2 Å². The second-order valence-corrected chi connectivity index (χ2v) is 11.9. The predicted molar refractivity (Wildman–Crippen MR) is 147 cm³/mol. The number of imidazole rings is 1. The number of carbonyl (C=O) groups excluding carboxylic acids is 1. The highest BCUT2D eigenvalue weighted by molar-refractivity contribution is 7.92. The molecule has 0 amide bonds. The van der Waals surface area contributed by atoms with Crippen LogP contribution in [-0.2, 0) is 28.4 Å². The summed E-state index contributed by atoms with van der Waals surface area (Å²) in [6, 6.07) is 8.86. The maximum Gasteiger partial charge on any atom is 0.338 e. The van der Waals surface area contributed by atoms with Gasteiger partial charge in [-0.2, -0.15) is 0 Å². The normalized spacial score (nSPS) is 14.7. The molecule has 1 saturated carbocycles. The SMILES string of the molecule is CC[C@H](C)N(c1ccc2cc(-c3nc4cc(C(=O)OC)cc(OC)c4n3C)n(CC3CC3)c2n1)S(C)(=O)=O. The summed E-state index contributed by atoms with van der Waals surface area (Å²) in [6.07, 6.45) is 4.16. The monoisotopic (exact) mass is 539 g/mol. The first-order valence-corrected chi connectivity index (χ1v) is 14.5. The summed E-state index contributed by atoms with van der Waals surface area (Å²) in [4.78, 5) is 22.0. The number of hydrogen-bond donors (Lipinski definition) is 0. The summed E-state index contributed by atoms with van der Waals surface area (Å²) >= 11 is 0. The number of anilines is 1. The molecular formula is C27H33N5O5S. The Morgan fingerprint density at radius 3 is 2.53 bits per heavy atom. The summed E-state index contributed by atoms with van der Waals surface area (Å²) in [5.41, 5.74) is 3.31. The zero-order chi connectivity index (χ0) is 27.4.